The van der Waals surface area contributed by atoms with Gasteiger partial charge < -0.3 is 10.1 Å². The number of aryl methyl sites for hydroxylation is 1. The van der Waals surface area contributed by atoms with E-state index in [0.717, 1.165) is 29.1 Å². The summed E-state index contributed by atoms with van der Waals surface area (Å²) < 4.78 is 5.47. The summed E-state index contributed by atoms with van der Waals surface area (Å²) in [5.41, 5.74) is 3.16. The van der Waals surface area contributed by atoms with E-state index < -0.39 is 0 Å². The Bertz CT molecular complexity index is 586. The van der Waals surface area contributed by atoms with Crippen molar-refractivity contribution in [3.8, 4) is 5.75 Å². The first-order chi connectivity index (χ1) is 9.67. The van der Waals surface area contributed by atoms with Crippen LogP contribution in [0.5, 0.6) is 5.75 Å². The fourth-order valence-electron chi connectivity index (χ4n) is 2.32. The lowest BCUT2D eigenvalue weighted by Crippen LogP contribution is -2.23. The van der Waals surface area contributed by atoms with Crippen LogP contribution in [0.15, 0.2) is 36.5 Å². The van der Waals surface area contributed by atoms with Crippen molar-refractivity contribution in [1.82, 2.24) is 10.3 Å². The molecule has 0 aliphatic heterocycles. The Morgan fingerprint density at radius 1 is 1.30 bits per heavy atom. The highest BCUT2D eigenvalue weighted by atomic mass is 35.5. The first kappa shape index (κ1) is 14.8. The number of pyridine rings is 1. The number of methoxy groups -OCH3 is 1. The average molecular weight is 291 g/mol. The Labute approximate surface area is 124 Å². The van der Waals surface area contributed by atoms with Crippen molar-refractivity contribution in [2.75, 3.05) is 13.7 Å². The third kappa shape index (κ3) is 3.11. The molecule has 0 fully saturated rings. The van der Waals surface area contributed by atoms with Gasteiger partial charge in [-0.2, -0.15) is 0 Å². The molecule has 0 saturated carbocycles. The lowest BCUT2D eigenvalue weighted by atomic mass is 9.96. The molecule has 0 aliphatic rings. The molecule has 0 bridgehead atoms. The highest BCUT2D eigenvalue weighted by Crippen LogP contribution is 2.33. The first-order valence-electron chi connectivity index (χ1n) is 6.65. The van der Waals surface area contributed by atoms with Crippen LogP contribution in [0.25, 0.3) is 0 Å². The van der Waals surface area contributed by atoms with Crippen molar-refractivity contribution in [3.05, 3.63) is 58.4 Å². The normalized spacial score (nSPS) is 12.2. The predicted molar refractivity (Wildman–Crippen MR) is 82.5 cm³/mol. The van der Waals surface area contributed by atoms with E-state index in [1.54, 1.807) is 13.3 Å². The van der Waals surface area contributed by atoms with Crippen LogP contribution in [0.3, 0.4) is 0 Å². The fraction of sp³-hybridized carbons (Fsp3) is 0.312. The summed E-state index contributed by atoms with van der Waals surface area (Å²) >= 11 is 6.15. The van der Waals surface area contributed by atoms with E-state index in [9.17, 15) is 0 Å². The number of benzene rings is 1. The van der Waals surface area contributed by atoms with E-state index in [-0.39, 0.29) is 6.04 Å². The molecule has 1 aromatic heterocycles. The Kier molecular flexibility index (Phi) is 4.99. The maximum Gasteiger partial charge on any atom is 0.124 e. The molecule has 1 heterocycles. The monoisotopic (exact) mass is 290 g/mol. The highest BCUT2D eigenvalue weighted by Gasteiger charge is 2.19. The number of rotatable bonds is 5. The molecule has 1 aromatic carbocycles. The largest absolute Gasteiger partial charge is 0.496 e. The minimum atomic E-state index is 0.0161. The quantitative estimate of drug-likeness (QED) is 0.910. The molecule has 106 valence electrons. The second kappa shape index (κ2) is 6.73. The average Bonchev–Trinajstić information content (AvgIpc) is 2.46. The van der Waals surface area contributed by atoms with E-state index in [4.69, 9.17) is 16.3 Å². The Morgan fingerprint density at radius 2 is 2.10 bits per heavy atom. The van der Waals surface area contributed by atoms with Gasteiger partial charge >= 0.3 is 0 Å². The van der Waals surface area contributed by atoms with Crippen LogP contribution in [0, 0.1) is 6.92 Å². The molecular formula is C16H19ClN2O. The van der Waals surface area contributed by atoms with Crippen molar-refractivity contribution < 1.29 is 4.74 Å². The molecule has 4 heteroatoms. The van der Waals surface area contributed by atoms with Gasteiger partial charge in [0.15, 0.2) is 0 Å². The zero-order chi connectivity index (χ0) is 14.5. The van der Waals surface area contributed by atoms with E-state index in [2.05, 4.69) is 23.3 Å². The zero-order valence-electron chi connectivity index (χ0n) is 12.0. The number of nitrogens with one attached hydrogen (secondary N) is 1. The number of hydrogen-bond donors (Lipinski definition) is 1. The highest BCUT2D eigenvalue weighted by molar-refractivity contribution is 6.30. The van der Waals surface area contributed by atoms with Crippen LogP contribution in [0.1, 0.15) is 29.8 Å². The molecule has 0 spiro atoms. The topological polar surface area (TPSA) is 34.1 Å². The second-order valence-corrected chi connectivity index (χ2v) is 4.99. The molecule has 0 aliphatic carbocycles. The summed E-state index contributed by atoms with van der Waals surface area (Å²) in [6.45, 7) is 4.93. The first-order valence-corrected chi connectivity index (χ1v) is 7.03. The molecule has 0 radical (unpaired) electrons. The van der Waals surface area contributed by atoms with Gasteiger partial charge in [-0.15, -0.1) is 0 Å². The lowest BCUT2D eigenvalue weighted by Gasteiger charge is -2.22. The maximum absolute atomic E-state index is 6.15. The summed E-state index contributed by atoms with van der Waals surface area (Å²) in [5, 5.41) is 4.18. The zero-order valence-corrected chi connectivity index (χ0v) is 12.7. The number of ether oxygens (including phenoxy) is 1. The van der Waals surface area contributed by atoms with Gasteiger partial charge in [0.05, 0.1) is 13.2 Å². The molecule has 1 atom stereocenters. The molecule has 2 rings (SSSR count). The van der Waals surface area contributed by atoms with E-state index in [0.29, 0.717) is 5.02 Å². The van der Waals surface area contributed by atoms with Gasteiger partial charge in [0.2, 0.25) is 0 Å². The minimum absolute atomic E-state index is 0.0161. The molecule has 3 nitrogen and oxygen atoms in total. The van der Waals surface area contributed by atoms with Crippen LogP contribution in [0.2, 0.25) is 5.02 Å². The number of nitrogens with zero attached hydrogens (tertiary/aromatic N) is 1. The van der Waals surface area contributed by atoms with E-state index in [1.807, 2.05) is 31.2 Å². The molecule has 0 amide bonds. The standard InChI is InChI=1S/C16H19ClN2O/c1-4-18-16(13-6-5-9-19-11(13)2)14-10-12(17)7-8-15(14)20-3/h5-10,16,18H,4H2,1-3H3. The van der Waals surface area contributed by atoms with Gasteiger partial charge in [0, 0.05) is 22.5 Å². The Morgan fingerprint density at radius 3 is 2.75 bits per heavy atom. The van der Waals surface area contributed by atoms with Crippen molar-refractivity contribution in [1.29, 1.82) is 0 Å². The molecular weight excluding hydrogens is 272 g/mol. The van der Waals surface area contributed by atoms with E-state index in [1.165, 1.54) is 0 Å². The summed E-state index contributed by atoms with van der Waals surface area (Å²) in [7, 11) is 1.67. The minimum Gasteiger partial charge on any atom is -0.496 e. The van der Waals surface area contributed by atoms with Crippen LogP contribution < -0.4 is 10.1 Å². The molecule has 2 aromatic rings. The smallest absolute Gasteiger partial charge is 0.124 e. The lowest BCUT2D eigenvalue weighted by molar-refractivity contribution is 0.404. The van der Waals surface area contributed by atoms with Gasteiger partial charge in [-0.3, -0.25) is 4.98 Å². The van der Waals surface area contributed by atoms with Gasteiger partial charge in [-0.1, -0.05) is 24.6 Å². The Balaban J connectivity index is 2.54. The van der Waals surface area contributed by atoms with Crippen molar-refractivity contribution in [2.45, 2.75) is 19.9 Å². The maximum atomic E-state index is 6.15. The van der Waals surface area contributed by atoms with Gasteiger partial charge in [-0.05, 0) is 43.3 Å². The third-order valence-corrected chi connectivity index (χ3v) is 3.50. The van der Waals surface area contributed by atoms with Gasteiger partial charge in [0.1, 0.15) is 5.75 Å². The van der Waals surface area contributed by atoms with Gasteiger partial charge in [0.25, 0.3) is 0 Å². The molecule has 1 N–H and O–H groups in total. The van der Waals surface area contributed by atoms with Crippen molar-refractivity contribution in [3.63, 3.8) is 0 Å². The van der Waals surface area contributed by atoms with Crippen LogP contribution in [0.4, 0.5) is 0 Å². The van der Waals surface area contributed by atoms with Crippen LogP contribution >= 0.6 is 11.6 Å². The molecule has 20 heavy (non-hydrogen) atoms. The number of halogens is 1. The van der Waals surface area contributed by atoms with Crippen molar-refractivity contribution in [2.24, 2.45) is 0 Å². The summed E-state index contributed by atoms with van der Waals surface area (Å²) in [5.74, 6) is 0.823. The van der Waals surface area contributed by atoms with Crippen LogP contribution in [-0.2, 0) is 0 Å². The summed E-state index contributed by atoms with van der Waals surface area (Å²) in [4.78, 5) is 4.37. The second-order valence-electron chi connectivity index (χ2n) is 4.56. The summed E-state index contributed by atoms with van der Waals surface area (Å²) in [6, 6.07) is 9.72. The predicted octanol–water partition coefficient (Wildman–Crippen LogP) is 3.75. The summed E-state index contributed by atoms with van der Waals surface area (Å²) in [6.07, 6.45) is 1.80. The SMILES string of the molecule is CCNC(c1cc(Cl)ccc1OC)c1cccnc1C. The fourth-order valence-corrected chi connectivity index (χ4v) is 2.50. The third-order valence-electron chi connectivity index (χ3n) is 3.27. The number of aromatic nitrogens is 1. The van der Waals surface area contributed by atoms with Gasteiger partial charge in [-0.25, -0.2) is 0 Å². The van der Waals surface area contributed by atoms with Crippen molar-refractivity contribution >= 4 is 11.6 Å². The molecule has 1 unspecified atom stereocenters. The van der Waals surface area contributed by atoms with Crippen LogP contribution in [-0.4, -0.2) is 18.6 Å². The Hall–Kier alpha value is -1.58. The number of hydrogen-bond acceptors (Lipinski definition) is 3. The van der Waals surface area contributed by atoms with E-state index >= 15 is 0 Å². The molecule has 0 saturated heterocycles.